The van der Waals surface area contributed by atoms with Crippen molar-refractivity contribution in [3.05, 3.63) is 23.9 Å². The molecule has 2 aromatic rings. The van der Waals surface area contributed by atoms with Crippen LogP contribution >= 0.6 is 0 Å². The van der Waals surface area contributed by atoms with Crippen LogP contribution in [0.1, 0.15) is 58.1 Å². The zero-order chi connectivity index (χ0) is 27.0. The Morgan fingerprint density at radius 2 is 1.76 bits per heavy atom. The molecule has 1 unspecified atom stereocenters. The number of nitrogens with zero attached hydrogens (tertiary/aromatic N) is 5. The number of hydrogen-bond donors (Lipinski definition) is 1. The highest BCUT2D eigenvalue weighted by molar-refractivity contribution is 6.02. The molecule has 3 fully saturated rings. The van der Waals surface area contributed by atoms with E-state index in [4.69, 9.17) is 4.74 Å². The molecule has 1 aromatic carbocycles. The standard InChI is InChI=1S/C28H40N6O4/c1-28(2,3)38-27(37)34-11-9-19(10-12-34)18-32-13-15-33(16-14-32)20-5-6-21-23(17-20)31(4)30-25(21)22-7-8-24(35)29-26(22)36/h5-6,17,19,22H,7-16,18H2,1-4H3,(H,29,35,36). The van der Waals surface area contributed by atoms with Gasteiger partial charge >= 0.3 is 6.09 Å². The number of anilines is 1. The van der Waals surface area contributed by atoms with Crippen molar-refractivity contribution in [2.24, 2.45) is 13.0 Å². The van der Waals surface area contributed by atoms with Gasteiger partial charge in [0.2, 0.25) is 11.8 Å². The van der Waals surface area contributed by atoms with Crippen LogP contribution in [0.5, 0.6) is 0 Å². The fourth-order valence-corrected chi connectivity index (χ4v) is 5.86. The lowest BCUT2D eigenvalue weighted by Crippen LogP contribution is -2.49. The molecule has 0 aliphatic carbocycles. The van der Waals surface area contributed by atoms with Crippen LogP contribution in [0, 0.1) is 5.92 Å². The number of likely N-dealkylation sites (tertiary alicyclic amines) is 1. The Morgan fingerprint density at radius 1 is 1.05 bits per heavy atom. The van der Waals surface area contributed by atoms with Gasteiger partial charge in [-0.3, -0.25) is 24.5 Å². The summed E-state index contributed by atoms with van der Waals surface area (Å²) in [5, 5.41) is 8.10. The van der Waals surface area contributed by atoms with E-state index in [9.17, 15) is 14.4 Å². The Balaban J connectivity index is 1.14. The van der Waals surface area contributed by atoms with Gasteiger partial charge in [-0.25, -0.2) is 4.79 Å². The largest absolute Gasteiger partial charge is 0.444 e. The molecule has 10 nitrogen and oxygen atoms in total. The second-order valence-electron chi connectivity index (χ2n) is 11.9. The van der Waals surface area contributed by atoms with E-state index >= 15 is 0 Å². The first-order valence-corrected chi connectivity index (χ1v) is 13.8. The number of fused-ring (bicyclic) bond motifs is 1. The molecule has 1 aromatic heterocycles. The number of hydrogen-bond acceptors (Lipinski definition) is 7. The van der Waals surface area contributed by atoms with Crippen molar-refractivity contribution in [3.8, 4) is 0 Å². The summed E-state index contributed by atoms with van der Waals surface area (Å²) in [6.45, 7) is 12.3. The second-order valence-corrected chi connectivity index (χ2v) is 11.9. The molecule has 0 saturated carbocycles. The minimum Gasteiger partial charge on any atom is -0.444 e. The zero-order valence-corrected chi connectivity index (χ0v) is 23.0. The van der Waals surface area contributed by atoms with Crippen LogP contribution in [-0.4, -0.2) is 88.9 Å². The van der Waals surface area contributed by atoms with E-state index in [0.717, 1.165) is 75.3 Å². The van der Waals surface area contributed by atoms with Crippen LogP contribution in [0.25, 0.3) is 10.9 Å². The number of aryl methyl sites for hydroxylation is 1. The summed E-state index contributed by atoms with van der Waals surface area (Å²) >= 11 is 0. The van der Waals surface area contributed by atoms with E-state index in [2.05, 4.69) is 38.4 Å². The molecule has 0 bridgehead atoms. The number of rotatable bonds is 4. The third kappa shape index (κ3) is 5.80. The van der Waals surface area contributed by atoms with Gasteiger partial charge in [-0.1, -0.05) is 0 Å². The molecule has 3 aliphatic rings. The van der Waals surface area contributed by atoms with Crippen LogP contribution in [0.15, 0.2) is 18.2 Å². The number of carbonyl (C=O) groups excluding carboxylic acids is 3. The van der Waals surface area contributed by atoms with Crippen molar-refractivity contribution in [1.82, 2.24) is 24.9 Å². The molecular weight excluding hydrogens is 484 g/mol. The summed E-state index contributed by atoms with van der Waals surface area (Å²) in [7, 11) is 1.91. The van der Waals surface area contributed by atoms with Gasteiger partial charge < -0.3 is 14.5 Å². The monoisotopic (exact) mass is 524 g/mol. The Morgan fingerprint density at radius 3 is 2.42 bits per heavy atom. The Labute approximate surface area is 224 Å². The fourth-order valence-electron chi connectivity index (χ4n) is 5.86. The van der Waals surface area contributed by atoms with Crippen LogP contribution < -0.4 is 10.2 Å². The summed E-state index contributed by atoms with van der Waals surface area (Å²) in [6.07, 6.45) is 2.69. The SMILES string of the molecule is Cn1nc(C2CCC(=O)NC2=O)c2ccc(N3CCN(CC4CCN(C(=O)OC(C)(C)C)CC4)CC3)cc21. The summed E-state index contributed by atoms with van der Waals surface area (Å²) in [4.78, 5) is 43.1. The predicted octanol–water partition coefficient (Wildman–Crippen LogP) is 2.86. The summed E-state index contributed by atoms with van der Waals surface area (Å²) in [5.41, 5.74) is 2.47. The number of aromatic nitrogens is 2. The average molecular weight is 525 g/mol. The number of amides is 3. The number of nitrogens with one attached hydrogen (secondary N) is 1. The summed E-state index contributed by atoms with van der Waals surface area (Å²) in [5.74, 6) is -0.241. The molecule has 206 valence electrons. The maximum atomic E-state index is 12.4. The summed E-state index contributed by atoms with van der Waals surface area (Å²) in [6, 6.07) is 6.36. The molecule has 3 aliphatic heterocycles. The van der Waals surface area contributed by atoms with E-state index < -0.39 is 5.60 Å². The van der Waals surface area contributed by atoms with Crippen molar-refractivity contribution >= 4 is 34.5 Å². The van der Waals surface area contributed by atoms with Gasteiger partial charge in [-0.2, -0.15) is 5.10 Å². The first-order valence-electron chi connectivity index (χ1n) is 13.8. The molecule has 1 atom stereocenters. The highest BCUT2D eigenvalue weighted by atomic mass is 16.6. The average Bonchev–Trinajstić information content (AvgIpc) is 3.19. The second kappa shape index (κ2) is 10.6. The molecule has 3 saturated heterocycles. The van der Waals surface area contributed by atoms with Gasteiger partial charge in [-0.15, -0.1) is 0 Å². The third-order valence-electron chi connectivity index (χ3n) is 7.95. The zero-order valence-electron chi connectivity index (χ0n) is 23.0. The van der Waals surface area contributed by atoms with Gasteiger partial charge in [0, 0.05) is 70.4 Å². The van der Waals surface area contributed by atoms with Gasteiger partial charge in [0.1, 0.15) is 5.60 Å². The highest BCUT2D eigenvalue weighted by Crippen LogP contribution is 2.32. The van der Waals surface area contributed by atoms with E-state index in [-0.39, 0.29) is 23.8 Å². The third-order valence-corrected chi connectivity index (χ3v) is 7.95. The Bertz CT molecular complexity index is 1200. The number of carbonyl (C=O) groups is 3. The lowest BCUT2D eigenvalue weighted by molar-refractivity contribution is -0.134. The Hall–Kier alpha value is -3.14. The van der Waals surface area contributed by atoms with Crippen molar-refractivity contribution in [2.75, 3.05) is 50.7 Å². The van der Waals surface area contributed by atoms with Gasteiger partial charge in [0.15, 0.2) is 0 Å². The molecule has 3 amide bonds. The van der Waals surface area contributed by atoms with Crippen molar-refractivity contribution in [3.63, 3.8) is 0 Å². The molecule has 38 heavy (non-hydrogen) atoms. The number of piperidine rings is 2. The molecular formula is C28H40N6O4. The van der Waals surface area contributed by atoms with E-state index in [1.54, 1.807) is 0 Å². The maximum Gasteiger partial charge on any atom is 0.410 e. The molecule has 0 spiro atoms. The molecule has 10 heteroatoms. The van der Waals surface area contributed by atoms with Crippen molar-refractivity contribution in [1.29, 1.82) is 0 Å². The molecule has 0 radical (unpaired) electrons. The van der Waals surface area contributed by atoms with Crippen LogP contribution in [0.2, 0.25) is 0 Å². The smallest absolute Gasteiger partial charge is 0.410 e. The highest BCUT2D eigenvalue weighted by Gasteiger charge is 2.32. The first kappa shape index (κ1) is 26.5. The number of ether oxygens (including phenoxy) is 1. The Kier molecular flexibility index (Phi) is 7.35. The van der Waals surface area contributed by atoms with E-state index in [1.807, 2.05) is 37.4 Å². The minimum absolute atomic E-state index is 0.195. The first-order chi connectivity index (χ1) is 18.1. The topological polar surface area (TPSA) is 100 Å². The maximum absolute atomic E-state index is 12.4. The number of piperazine rings is 1. The lowest BCUT2D eigenvalue weighted by Gasteiger charge is -2.39. The van der Waals surface area contributed by atoms with Crippen LogP contribution in [0.3, 0.4) is 0 Å². The number of benzene rings is 1. The van der Waals surface area contributed by atoms with Crippen LogP contribution in [0.4, 0.5) is 10.5 Å². The van der Waals surface area contributed by atoms with Crippen molar-refractivity contribution in [2.45, 2.75) is 58.0 Å². The molecule has 5 rings (SSSR count). The predicted molar refractivity (Wildman–Crippen MR) is 145 cm³/mol. The van der Waals surface area contributed by atoms with E-state index in [1.165, 1.54) is 5.69 Å². The molecule has 4 heterocycles. The summed E-state index contributed by atoms with van der Waals surface area (Å²) < 4.78 is 7.37. The van der Waals surface area contributed by atoms with Gasteiger partial charge in [-0.05, 0) is 64.2 Å². The normalized spacial score (nSPS) is 22.2. The minimum atomic E-state index is -0.454. The van der Waals surface area contributed by atoms with Crippen molar-refractivity contribution < 1.29 is 19.1 Å². The lowest BCUT2D eigenvalue weighted by atomic mass is 9.93. The fraction of sp³-hybridized carbons (Fsp3) is 0.643. The van der Waals surface area contributed by atoms with E-state index in [0.29, 0.717) is 18.8 Å². The quantitative estimate of drug-likeness (QED) is 0.614. The molecule has 1 N–H and O–H groups in total. The van der Waals surface area contributed by atoms with Gasteiger partial charge in [0.05, 0.1) is 17.1 Å². The van der Waals surface area contributed by atoms with Gasteiger partial charge in [0.25, 0.3) is 0 Å². The van der Waals surface area contributed by atoms with Crippen LogP contribution in [-0.2, 0) is 21.4 Å². The number of imide groups is 1.